The Morgan fingerprint density at radius 2 is 1.52 bits per heavy atom. The molecule has 29 heavy (non-hydrogen) atoms. The van der Waals surface area contributed by atoms with Crippen LogP contribution in [0.4, 0.5) is 0 Å². The van der Waals surface area contributed by atoms with Crippen LogP contribution in [0.5, 0.6) is 0 Å². The highest BCUT2D eigenvalue weighted by Gasteiger charge is 2.41. The number of fused-ring (bicyclic) bond motifs is 1. The fraction of sp³-hybridized carbons (Fsp3) is 0.920. The van der Waals surface area contributed by atoms with Crippen molar-refractivity contribution >= 4 is 0 Å². The SMILES string of the molecule is CC1CCCC(O)C(C#N)C(C)CCCC2CC(N(C)C)CC(C#N)C2C(C)C1. The van der Waals surface area contributed by atoms with E-state index >= 15 is 0 Å². The minimum Gasteiger partial charge on any atom is -0.392 e. The zero-order valence-electron chi connectivity index (χ0n) is 19.3. The molecule has 1 N–H and O–H groups in total. The van der Waals surface area contributed by atoms with Gasteiger partial charge in [-0.1, -0.05) is 46.5 Å². The summed E-state index contributed by atoms with van der Waals surface area (Å²) in [6, 6.07) is 5.59. The summed E-state index contributed by atoms with van der Waals surface area (Å²) >= 11 is 0. The topological polar surface area (TPSA) is 71.0 Å². The minimum atomic E-state index is -0.494. The molecule has 0 amide bonds. The van der Waals surface area contributed by atoms with Gasteiger partial charge in [0.25, 0.3) is 0 Å². The van der Waals surface area contributed by atoms with Crippen LogP contribution < -0.4 is 0 Å². The standard InChI is InChI=1S/C25H43N3O/c1-17-8-6-11-24(29)23(16-27)18(2)9-7-10-20-13-22(28(4)5)14-21(15-26)25(20)19(3)12-17/h17-25,29H,6-14H2,1-5H3. The lowest BCUT2D eigenvalue weighted by Crippen LogP contribution is -2.44. The van der Waals surface area contributed by atoms with Gasteiger partial charge in [-0.25, -0.2) is 0 Å². The third-order valence-corrected chi connectivity index (χ3v) is 8.04. The Balaban J connectivity index is 2.22. The highest BCUT2D eigenvalue weighted by Crippen LogP contribution is 2.45. The maximum Gasteiger partial charge on any atom is 0.0748 e. The summed E-state index contributed by atoms with van der Waals surface area (Å²) in [5, 5.41) is 30.2. The Labute approximate surface area is 179 Å². The molecule has 0 aromatic rings. The predicted octanol–water partition coefficient (Wildman–Crippen LogP) is 5.24. The minimum absolute atomic E-state index is 0.155. The van der Waals surface area contributed by atoms with Crippen LogP contribution in [0.2, 0.25) is 0 Å². The van der Waals surface area contributed by atoms with E-state index in [-0.39, 0.29) is 17.8 Å². The van der Waals surface area contributed by atoms with Gasteiger partial charge in [-0.05, 0) is 75.8 Å². The van der Waals surface area contributed by atoms with Gasteiger partial charge >= 0.3 is 0 Å². The van der Waals surface area contributed by atoms with E-state index < -0.39 is 6.10 Å². The van der Waals surface area contributed by atoms with Crippen LogP contribution in [0.1, 0.15) is 78.6 Å². The van der Waals surface area contributed by atoms with Crippen molar-refractivity contribution in [1.82, 2.24) is 4.90 Å². The van der Waals surface area contributed by atoms with Crippen molar-refractivity contribution in [3.8, 4) is 12.1 Å². The molecule has 9 atom stereocenters. The van der Waals surface area contributed by atoms with Crippen molar-refractivity contribution in [2.75, 3.05) is 14.1 Å². The first-order valence-electron chi connectivity index (χ1n) is 11.9. The monoisotopic (exact) mass is 401 g/mol. The summed E-state index contributed by atoms with van der Waals surface area (Å²) in [4.78, 5) is 2.31. The van der Waals surface area contributed by atoms with Crippen LogP contribution >= 0.6 is 0 Å². The van der Waals surface area contributed by atoms with Gasteiger partial charge < -0.3 is 10.0 Å². The Morgan fingerprint density at radius 3 is 2.14 bits per heavy atom. The van der Waals surface area contributed by atoms with Crippen molar-refractivity contribution < 1.29 is 5.11 Å². The smallest absolute Gasteiger partial charge is 0.0748 e. The zero-order chi connectivity index (χ0) is 21.6. The first kappa shape index (κ1) is 24.2. The molecule has 0 aliphatic heterocycles. The van der Waals surface area contributed by atoms with Crippen LogP contribution in [0, 0.1) is 64.1 Å². The first-order valence-corrected chi connectivity index (χ1v) is 11.9. The van der Waals surface area contributed by atoms with Gasteiger partial charge in [-0.3, -0.25) is 0 Å². The maximum absolute atomic E-state index is 10.6. The summed E-state index contributed by atoms with van der Waals surface area (Å²) < 4.78 is 0. The summed E-state index contributed by atoms with van der Waals surface area (Å²) in [5.74, 6) is 2.38. The molecule has 4 heteroatoms. The molecule has 164 valence electrons. The summed E-state index contributed by atoms with van der Waals surface area (Å²) in [6.07, 6.45) is 8.91. The average molecular weight is 402 g/mol. The fourth-order valence-electron chi connectivity index (χ4n) is 6.35. The first-order chi connectivity index (χ1) is 13.8. The largest absolute Gasteiger partial charge is 0.392 e. The van der Waals surface area contributed by atoms with E-state index in [0.717, 1.165) is 44.9 Å². The van der Waals surface area contributed by atoms with E-state index in [1.54, 1.807) is 0 Å². The molecule has 2 aliphatic carbocycles. The van der Waals surface area contributed by atoms with Crippen LogP contribution in [-0.4, -0.2) is 36.2 Å². The van der Waals surface area contributed by atoms with Gasteiger partial charge in [0.05, 0.1) is 30.1 Å². The number of nitrogens with zero attached hydrogens (tertiary/aromatic N) is 3. The molecule has 0 spiro atoms. The zero-order valence-corrected chi connectivity index (χ0v) is 19.3. The van der Waals surface area contributed by atoms with Crippen molar-refractivity contribution in [2.24, 2.45) is 41.4 Å². The predicted molar refractivity (Wildman–Crippen MR) is 118 cm³/mol. The Bertz CT molecular complexity index is 578. The lowest BCUT2D eigenvalue weighted by atomic mass is 9.62. The lowest BCUT2D eigenvalue weighted by Gasteiger charge is -2.45. The van der Waals surface area contributed by atoms with Gasteiger partial charge in [-0.15, -0.1) is 0 Å². The van der Waals surface area contributed by atoms with Gasteiger partial charge in [0.1, 0.15) is 0 Å². The van der Waals surface area contributed by atoms with Gasteiger partial charge in [0, 0.05) is 6.04 Å². The number of nitriles is 2. The van der Waals surface area contributed by atoms with Crippen molar-refractivity contribution in [3.63, 3.8) is 0 Å². The second-order valence-corrected chi connectivity index (χ2v) is 10.5. The van der Waals surface area contributed by atoms with Gasteiger partial charge in [-0.2, -0.15) is 10.5 Å². The molecule has 0 radical (unpaired) electrons. The van der Waals surface area contributed by atoms with E-state index in [0.29, 0.717) is 29.7 Å². The molecule has 2 rings (SSSR count). The number of aliphatic hydroxyl groups is 1. The van der Waals surface area contributed by atoms with Crippen molar-refractivity contribution in [2.45, 2.75) is 90.7 Å². The molecule has 2 aliphatic rings. The van der Waals surface area contributed by atoms with Crippen LogP contribution in [0.3, 0.4) is 0 Å². The summed E-state index contributed by atoms with van der Waals surface area (Å²) in [7, 11) is 4.30. The summed E-state index contributed by atoms with van der Waals surface area (Å²) in [5.41, 5.74) is 0. The molecule has 0 aromatic carbocycles. The summed E-state index contributed by atoms with van der Waals surface area (Å²) in [6.45, 7) is 6.83. The molecule has 0 bridgehead atoms. The Kier molecular flexibility index (Phi) is 9.45. The molecule has 2 saturated carbocycles. The van der Waals surface area contributed by atoms with Crippen LogP contribution in [0.15, 0.2) is 0 Å². The van der Waals surface area contributed by atoms with Crippen molar-refractivity contribution in [1.29, 1.82) is 10.5 Å². The molecule has 9 unspecified atom stereocenters. The fourth-order valence-corrected chi connectivity index (χ4v) is 6.35. The van der Waals surface area contributed by atoms with Crippen molar-refractivity contribution in [3.05, 3.63) is 0 Å². The third kappa shape index (κ3) is 6.44. The Morgan fingerprint density at radius 1 is 0.828 bits per heavy atom. The number of hydrogen-bond donors (Lipinski definition) is 1. The van der Waals surface area contributed by atoms with Crippen LogP contribution in [-0.2, 0) is 0 Å². The number of aliphatic hydroxyl groups excluding tert-OH is 1. The highest BCUT2D eigenvalue weighted by molar-refractivity contribution is 5.00. The average Bonchev–Trinajstić information content (AvgIpc) is 2.66. The molecule has 2 fully saturated rings. The number of hydrogen-bond acceptors (Lipinski definition) is 4. The maximum atomic E-state index is 10.6. The number of rotatable bonds is 1. The van der Waals surface area contributed by atoms with E-state index in [9.17, 15) is 15.6 Å². The second-order valence-electron chi connectivity index (χ2n) is 10.5. The Hall–Kier alpha value is -1.10. The molecular weight excluding hydrogens is 358 g/mol. The van der Waals surface area contributed by atoms with E-state index in [2.05, 4.69) is 51.9 Å². The quantitative estimate of drug-likeness (QED) is 0.652. The van der Waals surface area contributed by atoms with E-state index in [1.165, 1.54) is 12.8 Å². The van der Waals surface area contributed by atoms with E-state index in [1.807, 2.05) is 0 Å². The molecule has 4 nitrogen and oxygen atoms in total. The second kappa shape index (κ2) is 11.3. The van der Waals surface area contributed by atoms with Gasteiger partial charge in [0.2, 0.25) is 0 Å². The third-order valence-electron chi connectivity index (χ3n) is 8.04. The molecule has 0 heterocycles. The van der Waals surface area contributed by atoms with E-state index in [4.69, 9.17) is 0 Å². The molecule has 0 aromatic heterocycles. The van der Waals surface area contributed by atoms with Crippen LogP contribution in [0.25, 0.3) is 0 Å². The molecular formula is C25H43N3O. The van der Waals surface area contributed by atoms with Gasteiger partial charge in [0.15, 0.2) is 0 Å². The molecule has 0 saturated heterocycles. The normalized spacial score (nSPS) is 42.9. The highest BCUT2D eigenvalue weighted by atomic mass is 16.3. The lowest BCUT2D eigenvalue weighted by molar-refractivity contribution is 0.0489.